The van der Waals surface area contributed by atoms with Crippen LogP contribution >= 0.6 is 0 Å². The van der Waals surface area contributed by atoms with Crippen LogP contribution in [0.4, 0.5) is 0 Å². The molecule has 2 rings (SSSR count). The number of hydrogen-bond donors (Lipinski definition) is 1. The number of carbonyl (C=O) groups is 2. The number of nitrogens with zero attached hydrogens (tertiary/aromatic N) is 3. The molecule has 7 heteroatoms. The van der Waals surface area contributed by atoms with Crippen molar-refractivity contribution in [2.75, 3.05) is 19.7 Å². The van der Waals surface area contributed by atoms with Crippen molar-refractivity contribution in [2.24, 2.45) is 7.05 Å². The quantitative estimate of drug-likeness (QED) is 0.865. The lowest BCUT2D eigenvalue weighted by molar-refractivity contribution is -0.0157. The third-order valence-corrected chi connectivity index (χ3v) is 3.24. The van der Waals surface area contributed by atoms with E-state index in [0.717, 1.165) is 6.42 Å². The molecule has 0 atom stereocenters. The molecule has 1 amide bonds. The normalized spacial score (nSPS) is 18.6. The van der Waals surface area contributed by atoms with Crippen molar-refractivity contribution in [3.8, 4) is 0 Å². The summed E-state index contributed by atoms with van der Waals surface area (Å²) in [6, 6.07) is 1.31. The van der Waals surface area contributed by atoms with Gasteiger partial charge in [-0.1, -0.05) is 0 Å². The van der Waals surface area contributed by atoms with E-state index >= 15 is 0 Å². The zero-order valence-electron chi connectivity index (χ0n) is 11.9. The number of rotatable bonds is 2. The molecule has 0 aromatic carbocycles. The average molecular weight is 281 g/mol. The summed E-state index contributed by atoms with van der Waals surface area (Å²) in [5.74, 6) is -1.36. The van der Waals surface area contributed by atoms with E-state index in [2.05, 4.69) is 5.10 Å². The Balaban J connectivity index is 2.24. The molecular weight excluding hydrogens is 262 g/mol. The molecule has 1 aliphatic rings. The van der Waals surface area contributed by atoms with E-state index in [0.29, 0.717) is 19.7 Å². The Labute approximate surface area is 117 Å². The van der Waals surface area contributed by atoms with Gasteiger partial charge in [0.25, 0.3) is 5.91 Å². The van der Waals surface area contributed by atoms with E-state index in [1.807, 2.05) is 13.8 Å². The molecule has 20 heavy (non-hydrogen) atoms. The van der Waals surface area contributed by atoms with Crippen molar-refractivity contribution in [3.05, 3.63) is 17.5 Å². The molecule has 0 radical (unpaired) electrons. The van der Waals surface area contributed by atoms with E-state index < -0.39 is 11.6 Å². The number of carboxylic acid groups (broad SMARTS) is 1. The van der Waals surface area contributed by atoms with Crippen LogP contribution in [0.25, 0.3) is 0 Å². The molecule has 0 spiro atoms. The average Bonchev–Trinajstić information content (AvgIpc) is 2.64. The van der Waals surface area contributed by atoms with Crippen molar-refractivity contribution in [2.45, 2.75) is 25.9 Å². The Morgan fingerprint density at radius 2 is 2.15 bits per heavy atom. The molecule has 0 unspecified atom stereocenters. The number of carbonyl (C=O) groups excluding carboxylic acids is 1. The summed E-state index contributed by atoms with van der Waals surface area (Å²) in [5, 5.41) is 12.7. The van der Waals surface area contributed by atoms with Gasteiger partial charge in [-0.3, -0.25) is 9.48 Å². The Morgan fingerprint density at radius 3 is 2.75 bits per heavy atom. The monoisotopic (exact) mass is 281 g/mol. The number of aromatic carboxylic acids is 1. The molecule has 1 aromatic heterocycles. The first-order valence-electron chi connectivity index (χ1n) is 6.51. The van der Waals surface area contributed by atoms with Gasteiger partial charge in [0.05, 0.1) is 5.60 Å². The van der Waals surface area contributed by atoms with Gasteiger partial charge in [-0.05, 0) is 20.3 Å². The molecule has 110 valence electrons. The number of amides is 1. The lowest BCUT2D eigenvalue weighted by atomic mass is 10.1. The first kappa shape index (κ1) is 14.5. The fourth-order valence-electron chi connectivity index (χ4n) is 2.30. The number of aryl methyl sites for hydroxylation is 1. The Hall–Kier alpha value is -1.89. The first-order chi connectivity index (χ1) is 9.30. The predicted octanol–water partition coefficient (Wildman–Crippen LogP) is 0.759. The molecule has 0 saturated carbocycles. The van der Waals surface area contributed by atoms with E-state index in [-0.39, 0.29) is 17.3 Å². The Bertz CT molecular complexity index is 536. The van der Waals surface area contributed by atoms with Crippen LogP contribution in [0, 0.1) is 0 Å². The molecule has 1 fully saturated rings. The number of aromatic nitrogens is 2. The van der Waals surface area contributed by atoms with Crippen molar-refractivity contribution in [1.82, 2.24) is 14.7 Å². The van der Waals surface area contributed by atoms with Crippen LogP contribution in [0.15, 0.2) is 6.07 Å². The summed E-state index contributed by atoms with van der Waals surface area (Å²) in [7, 11) is 1.57. The van der Waals surface area contributed by atoms with Crippen LogP contribution in [-0.4, -0.2) is 57.0 Å². The summed E-state index contributed by atoms with van der Waals surface area (Å²) in [6.07, 6.45) is 0.763. The van der Waals surface area contributed by atoms with Gasteiger partial charge in [0, 0.05) is 32.8 Å². The highest BCUT2D eigenvalue weighted by atomic mass is 16.5. The van der Waals surface area contributed by atoms with Crippen molar-refractivity contribution >= 4 is 11.9 Å². The minimum atomic E-state index is -1.14. The maximum absolute atomic E-state index is 12.5. The molecule has 0 aliphatic carbocycles. The first-order valence-corrected chi connectivity index (χ1v) is 6.51. The fourth-order valence-corrected chi connectivity index (χ4v) is 2.30. The number of ether oxygens (including phenoxy) is 1. The van der Waals surface area contributed by atoms with Gasteiger partial charge in [-0.25, -0.2) is 4.79 Å². The van der Waals surface area contributed by atoms with Crippen LogP contribution in [0.3, 0.4) is 0 Å². The van der Waals surface area contributed by atoms with Crippen LogP contribution in [0.5, 0.6) is 0 Å². The van der Waals surface area contributed by atoms with Crippen molar-refractivity contribution < 1.29 is 19.4 Å². The molecule has 2 heterocycles. The molecule has 1 N–H and O–H groups in total. The SMILES string of the molecule is Cn1nc(C(=O)O)cc1C(=O)N1CCCOC(C)(C)C1. The van der Waals surface area contributed by atoms with Gasteiger partial charge >= 0.3 is 5.97 Å². The zero-order valence-corrected chi connectivity index (χ0v) is 11.9. The maximum Gasteiger partial charge on any atom is 0.356 e. The van der Waals surface area contributed by atoms with E-state index in [9.17, 15) is 9.59 Å². The smallest absolute Gasteiger partial charge is 0.356 e. The van der Waals surface area contributed by atoms with Gasteiger partial charge in [-0.2, -0.15) is 5.10 Å². The van der Waals surface area contributed by atoms with E-state index in [1.165, 1.54) is 10.7 Å². The molecule has 1 aromatic rings. The predicted molar refractivity (Wildman–Crippen MR) is 70.7 cm³/mol. The summed E-state index contributed by atoms with van der Waals surface area (Å²) in [5.41, 5.74) is -0.248. The molecule has 0 bridgehead atoms. The second-order valence-corrected chi connectivity index (χ2v) is 5.53. The van der Waals surface area contributed by atoms with Crippen LogP contribution in [-0.2, 0) is 11.8 Å². The third-order valence-electron chi connectivity index (χ3n) is 3.24. The van der Waals surface area contributed by atoms with Crippen molar-refractivity contribution in [1.29, 1.82) is 0 Å². The van der Waals surface area contributed by atoms with Gasteiger partial charge in [0.2, 0.25) is 0 Å². The summed E-state index contributed by atoms with van der Waals surface area (Å²) < 4.78 is 6.98. The molecular formula is C13H19N3O4. The minimum absolute atomic E-state index is 0.124. The Morgan fingerprint density at radius 1 is 1.45 bits per heavy atom. The lowest BCUT2D eigenvalue weighted by Crippen LogP contribution is -2.42. The molecule has 1 aliphatic heterocycles. The summed E-state index contributed by atoms with van der Waals surface area (Å²) in [6.45, 7) is 5.55. The summed E-state index contributed by atoms with van der Waals surface area (Å²) >= 11 is 0. The van der Waals surface area contributed by atoms with Gasteiger partial charge in [0.15, 0.2) is 5.69 Å². The lowest BCUT2D eigenvalue weighted by Gasteiger charge is -2.29. The fraction of sp³-hybridized carbons (Fsp3) is 0.615. The van der Waals surface area contributed by atoms with E-state index in [4.69, 9.17) is 9.84 Å². The zero-order chi connectivity index (χ0) is 14.9. The molecule has 7 nitrogen and oxygen atoms in total. The highest BCUT2D eigenvalue weighted by Gasteiger charge is 2.30. The van der Waals surface area contributed by atoms with Crippen molar-refractivity contribution in [3.63, 3.8) is 0 Å². The molecule has 1 saturated heterocycles. The van der Waals surface area contributed by atoms with Gasteiger partial charge in [-0.15, -0.1) is 0 Å². The topological polar surface area (TPSA) is 84.7 Å². The number of carboxylic acids is 1. The second kappa shape index (κ2) is 5.24. The minimum Gasteiger partial charge on any atom is -0.476 e. The van der Waals surface area contributed by atoms with Gasteiger partial charge < -0.3 is 14.7 Å². The highest BCUT2D eigenvalue weighted by molar-refractivity contribution is 5.95. The standard InChI is InChI=1S/C13H19N3O4/c1-13(2)8-16(5-4-6-20-13)11(17)10-7-9(12(18)19)14-15(10)3/h7H,4-6,8H2,1-3H3,(H,18,19). The summed E-state index contributed by atoms with van der Waals surface area (Å²) in [4.78, 5) is 25.1. The van der Waals surface area contributed by atoms with E-state index in [1.54, 1.807) is 11.9 Å². The highest BCUT2D eigenvalue weighted by Crippen LogP contribution is 2.18. The van der Waals surface area contributed by atoms with Gasteiger partial charge in [0.1, 0.15) is 5.69 Å². The number of hydrogen-bond acceptors (Lipinski definition) is 4. The van der Waals surface area contributed by atoms with Crippen LogP contribution in [0.1, 0.15) is 41.2 Å². The third kappa shape index (κ3) is 2.98. The van der Waals surface area contributed by atoms with Crippen LogP contribution in [0.2, 0.25) is 0 Å². The second-order valence-electron chi connectivity index (χ2n) is 5.53. The maximum atomic E-state index is 12.5. The Kier molecular flexibility index (Phi) is 3.80. The van der Waals surface area contributed by atoms with Crippen LogP contribution < -0.4 is 0 Å². The largest absolute Gasteiger partial charge is 0.476 e.